The van der Waals surface area contributed by atoms with Crippen LogP contribution < -0.4 is 4.18 Å². The van der Waals surface area contributed by atoms with Gasteiger partial charge in [-0.3, -0.25) is 4.90 Å². The van der Waals surface area contributed by atoms with E-state index in [1.54, 1.807) is 6.07 Å². The number of rotatable bonds is 9. The first kappa shape index (κ1) is 27.6. The summed E-state index contributed by atoms with van der Waals surface area (Å²) in [6.07, 6.45) is 0.597. The molecule has 186 valence electrons. The fourth-order valence-electron chi connectivity index (χ4n) is 4.05. The number of alkyl halides is 3. The van der Waals surface area contributed by atoms with Crippen molar-refractivity contribution in [3.63, 3.8) is 0 Å². The number of nitrogens with zero attached hydrogens (tertiary/aromatic N) is 2. The molecule has 2 aromatic rings. The highest BCUT2D eigenvalue weighted by atomic mass is 32.2. The average Bonchev–Trinajstić information content (AvgIpc) is 2.65. The second-order valence-corrected chi connectivity index (χ2v) is 13.2. The molecule has 0 spiro atoms. The van der Waals surface area contributed by atoms with Crippen LogP contribution in [0.5, 0.6) is 5.88 Å². The van der Waals surface area contributed by atoms with Gasteiger partial charge in [-0.15, -0.1) is 0 Å². The Bertz CT molecular complexity index is 1070. The molecule has 0 amide bonds. The van der Waals surface area contributed by atoms with Gasteiger partial charge in [0.25, 0.3) is 0 Å². The van der Waals surface area contributed by atoms with Gasteiger partial charge in [0.15, 0.2) is 9.04 Å². The highest BCUT2D eigenvalue weighted by molar-refractivity contribution is 7.87. The first-order chi connectivity index (χ1) is 15.1. The van der Waals surface area contributed by atoms with Crippen molar-refractivity contribution in [2.75, 3.05) is 13.1 Å². The molecule has 2 rings (SSSR count). The number of fused-ring (bicyclic) bond motifs is 1. The monoisotopic (exact) mass is 506 g/mol. The Morgan fingerprint density at radius 1 is 1.03 bits per heavy atom. The second-order valence-electron chi connectivity index (χ2n) is 9.37. The molecule has 0 aliphatic rings. The lowest BCUT2D eigenvalue weighted by Gasteiger charge is -2.48. The topological polar surface area (TPSA) is 68.7 Å². The van der Waals surface area contributed by atoms with Gasteiger partial charge in [-0.1, -0.05) is 52.8 Å². The first-order valence-corrected chi connectivity index (χ1v) is 15.1. The maximum atomic E-state index is 12.9. The molecule has 0 saturated heterocycles. The quantitative estimate of drug-likeness (QED) is 0.197. The Morgan fingerprint density at radius 3 is 2.12 bits per heavy atom. The molecule has 11 heteroatoms. The molecule has 1 aromatic heterocycles. The molecular formula is C22H33F3N2O4SSi. The lowest BCUT2D eigenvalue weighted by molar-refractivity contribution is -0.115. The zero-order chi connectivity index (χ0) is 25.2. The summed E-state index contributed by atoms with van der Waals surface area (Å²) in [5.74, 6) is -0.640. The van der Waals surface area contributed by atoms with Crippen LogP contribution in [0.3, 0.4) is 0 Å². The molecular weight excluding hydrogens is 473 g/mol. The van der Waals surface area contributed by atoms with Crippen molar-refractivity contribution in [2.45, 2.75) is 65.4 Å². The van der Waals surface area contributed by atoms with Gasteiger partial charge in [-0.05, 0) is 44.1 Å². The minimum atomic E-state index is -5.84. The van der Waals surface area contributed by atoms with Crippen LogP contribution in [-0.4, -0.2) is 45.9 Å². The lowest BCUT2D eigenvalue weighted by atomic mass is 9.81. The number of aromatic nitrogens is 1. The zero-order valence-electron chi connectivity index (χ0n) is 20.2. The Balaban J connectivity index is 2.83. The number of hydrogen-bond acceptors (Lipinski definition) is 6. The normalized spacial score (nSPS) is 15.3. The van der Waals surface area contributed by atoms with E-state index in [9.17, 15) is 21.6 Å². The van der Waals surface area contributed by atoms with Gasteiger partial charge < -0.3 is 8.61 Å². The van der Waals surface area contributed by atoms with Crippen LogP contribution in [0.15, 0.2) is 30.3 Å². The standard InChI is InChI=1S/C22H33F3N2O4SSi/c1-8-27(9-2)21(31-33(6)7,15-20(3,4)5)17-12-10-11-16-13-14-18(26-19(16)17)30-32(28,29)22(23,24)25/h10-14,33H,8-9,15H2,1-7H3. The predicted octanol–water partition coefficient (Wildman–Crippen LogP) is 5.39. The highest BCUT2D eigenvalue weighted by Gasteiger charge is 2.49. The summed E-state index contributed by atoms with van der Waals surface area (Å²) in [7, 11) is -7.47. The van der Waals surface area contributed by atoms with Crippen LogP contribution in [0, 0.1) is 5.41 Å². The minimum Gasteiger partial charge on any atom is -0.399 e. The number of para-hydroxylation sites is 1. The third-order valence-corrected chi connectivity index (χ3v) is 6.89. The largest absolute Gasteiger partial charge is 0.534 e. The molecule has 0 aliphatic heterocycles. The molecule has 0 fully saturated rings. The van der Waals surface area contributed by atoms with Crippen molar-refractivity contribution in [1.29, 1.82) is 0 Å². The van der Waals surface area contributed by atoms with E-state index in [1.807, 2.05) is 26.0 Å². The maximum Gasteiger partial charge on any atom is 0.534 e. The Labute approximate surface area is 195 Å². The van der Waals surface area contributed by atoms with Crippen LogP contribution in [0.4, 0.5) is 13.2 Å². The van der Waals surface area contributed by atoms with Crippen LogP contribution in [0.25, 0.3) is 10.9 Å². The third-order valence-electron chi connectivity index (χ3n) is 5.07. The number of hydrogen-bond donors (Lipinski definition) is 0. The number of benzene rings is 1. The van der Waals surface area contributed by atoms with Crippen molar-refractivity contribution in [1.82, 2.24) is 9.88 Å². The molecule has 1 heterocycles. The molecule has 0 N–H and O–H groups in total. The highest BCUT2D eigenvalue weighted by Crippen LogP contribution is 2.44. The van der Waals surface area contributed by atoms with Gasteiger partial charge in [0.1, 0.15) is 5.72 Å². The molecule has 33 heavy (non-hydrogen) atoms. The third kappa shape index (κ3) is 6.26. The molecule has 0 saturated carbocycles. The summed E-state index contributed by atoms with van der Waals surface area (Å²) in [6.45, 7) is 15.8. The average molecular weight is 507 g/mol. The SMILES string of the molecule is CCN(CC)C(CC(C)(C)C)(O[SiH](C)C)c1cccc2ccc(OS(=O)(=O)C(F)(F)F)nc12. The molecule has 1 unspecified atom stereocenters. The Morgan fingerprint density at radius 2 is 1.64 bits per heavy atom. The van der Waals surface area contributed by atoms with E-state index in [0.717, 1.165) is 6.07 Å². The van der Waals surface area contributed by atoms with Crippen LogP contribution in [-0.2, 0) is 20.3 Å². The van der Waals surface area contributed by atoms with Crippen molar-refractivity contribution in [3.8, 4) is 5.88 Å². The molecule has 6 nitrogen and oxygen atoms in total. The summed E-state index contributed by atoms with van der Waals surface area (Å²) >= 11 is 0. The van der Waals surface area contributed by atoms with Gasteiger partial charge in [0, 0.05) is 17.0 Å². The van der Waals surface area contributed by atoms with Crippen molar-refractivity contribution in [2.24, 2.45) is 5.41 Å². The van der Waals surface area contributed by atoms with Crippen molar-refractivity contribution < 1.29 is 30.2 Å². The molecule has 0 aliphatic carbocycles. The van der Waals surface area contributed by atoms with Gasteiger partial charge in [-0.25, -0.2) is 4.98 Å². The van der Waals surface area contributed by atoms with Crippen molar-refractivity contribution in [3.05, 3.63) is 35.9 Å². The zero-order valence-corrected chi connectivity index (χ0v) is 22.1. The smallest absolute Gasteiger partial charge is 0.399 e. The summed E-state index contributed by atoms with van der Waals surface area (Å²) in [5.41, 5.74) is -5.59. The minimum absolute atomic E-state index is 0.165. The molecule has 1 atom stereocenters. The van der Waals surface area contributed by atoms with Gasteiger partial charge >= 0.3 is 15.6 Å². The second kappa shape index (κ2) is 9.89. The molecule has 0 bridgehead atoms. The fraction of sp³-hybridized carbons (Fsp3) is 0.591. The number of pyridine rings is 1. The summed E-state index contributed by atoms with van der Waals surface area (Å²) in [6, 6.07) is 8.09. The Kier molecular flexibility index (Phi) is 8.26. The van der Waals surface area contributed by atoms with Gasteiger partial charge in [0.2, 0.25) is 5.88 Å². The van der Waals surface area contributed by atoms with E-state index in [-0.39, 0.29) is 5.41 Å². The summed E-state index contributed by atoms with van der Waals surface area (Å²) in [4.78, 5) is 6.42. The summed E-state index contributed by atoms with van der Waals surface area (Å²) in [5, 5.41) is 0.642. The first-order valence-electron chi connectivity index (χ1n) is 10.9. The summed E-state index contributed by atoms with van der Waals surface area (Å²) < 4.78 is 72.8. The lowest BCUT2D eigenvalue weighted by Crippen LogP contribution is -2.52. The van der Waals surface area contributed by atoms with Crippen LogP contribution in [0.1, 0.15) is 46.6 Å². The van der Waals surface area contributed by atoms with E-state index in [1.165, 1.54) is 6.07 Å². The van der Waals surface area contributed by atoms with Gasteiger partial charge in [-0.2, -0.15) is 21.6 Å². The van der Waals surface area contributed by atoms with Crippen LogP contribution >= 0.6 is 0 Å². The van der Waals surface area contributed by atoms with E-state index in [2.05, 4.69) is 47.9 Å². The fourth-order valence-corrected chi connectivity index (χ4v) is 5.60. The molecule has 0 radical (unpaired) electrons. The van der Waals surface area contributed by atoms with E-state index >= 15 is 0 Å². The van der Waals surface area contributed by atoms with Crippen molar-refractivity contribution >= 4 is 30.1 Å². The van der Waals surface area contributed by atoms with E-state index in [0.29, 0.717) is 36.0 Å². The maximum absolute atomic E-state index is 12.9. The van der Waals surface area contributed by atoms with Crippen LogP contribution in [0.2, 0.25) is 13.1 Å². The van der Waals surface area contributed by atoms with Gasteiger partial charge in [0.05, 0.1) is 5.52 Å². The predicted molar refractivity (Wildman–Crippen MR) is 126 cm³/mol. The Hall–Kier alpha value is -1.69. The van der Waals surface area contributed by atoms with E-state index < -0.39 is 36.3 Å². The van der Waals surface area contributed by atoms with E-state index in [4.69, 9.17) is 4.43 Å². The number of halogens is 3. The molecule has 1 aromatic carbocycles.